The number of imidazole rings is 1. The number of carbonyl (C=O) groups is 1. The van der Waals surface area contributed by atoms with E-state index in [9.17, 15) is 32.7 Å². The van der Waals surface area contributed by atoms with Crippen molar-refractivity contribution >= 4 is 23.1 Å². The Morgan fingerprint density at radius 2 is 1.73 bits per heavy atom. The summed E-state index contributed by atoms with van der Waals surface area (Å²) in [4.78, 5) is 42.3. The summed E-state index contributed by atoms with van der Waals surface area (Å²) in [6.07, 6.45) is -2.20. The summed E-state index contributed by atoms with van der Waals surface area (Å²) < 4.78 is 41.9. The van der Waals surface area contributed by atoms with Gasteiger partial charge in [-0.25, -0.2) is 9.59 Å². The van der Waals surface area contributed by atoms with E-state index in [1.54, 1.807) is 0 Å². The summed E-state index contributed by atoms with van der Waals surface area (Å²) in [5.41, 5.74) is -2.89. The Balaban J connectivity index is 1.77. The number of hydrogen-bond donors (Lipinski definition) is 2. The maximum absolute atomic E-state index is 13.2. The molecule has 9 nitrogen and oxygen atoms in total. The van der Waals surface area contributed by atoms with Crippen molar-refractivity contribution in [3.05, 3.63) is 56.2 Å². The van der Waals surface area contributed by atoms with Gasteiger partial charge in [-0.05, 0) is 30.5 Å². The predicted octanol–water partition coefficient (Wildman–Crippen LogP) is 2.31. The highest BCUT2D eigenvalue weighted by molar-refractivity contribution is 5.84. The fraction of sp³-hybridized carbons (Fsp3) is 0.429. The number of fused-ring (bicyclic) bond motifs is 1. The summed E-state index contributed by atoms with van der Waals surface area (Å²) in [6, 6.07) is 4.21. The minimum atomic E-state index is -4.49. The molecule has 0 aliphatic heterocycles. The molecule has 2 aromatic heterocycles. The van der Waals surface area contributed by atoms with Gasteiger partial charge >= 0.3 is 17.8 Å². The highest BCUT2D eigenvalue weighted by Gasteiger charge is 2.42. The maximum atomic E-state index is 13.2. The lowest BCUT2D eigenvalue weighted by molar-refractivity contribution is -0.142. The first-order valence-corrected chi connectivity index (χ1v) is 10.3. The summed E-state index contributed by atoms with van der Waals surface area (Å²) in [7, 11) is 2.96. The van der Waals surface area contributed by atoms with E-state index >= 15 is 0 Å². The van der Waals surface area contributed by atoms with E-state index in [1.807, 2.05) is 0 Å². The van der Waals surface area contributed by atoms with Crippen LogP contribution in [0, 0.1) is 0 Å². The molecule has 4 rings (SSSR count). The van der Waals surface area contributed by atoms with Crippen LogP contribution < -0.4 is 16.6 Å². The number of aromatic nitrogens is 4. The molecule has 0 unspecified atom stereocenters. The molecule has 0 saturated heterocycles. The van der Waals surface area contributed by atoms with Gasteiger partial charge in [-0.1, -0.05) is 25.0 Å². The largest absolute Gasteiger partial charge is 0.480 e. The molecule has 1 aromatic carbocycles. The van der Waals surface area contributed by atoms with Crippen molar-refractivity contribution < 1.29 is 23.1 Å². The van der Waals surface area contributed by atoms with Crippen molar-refractivity contribution in [1.29, 1.82) is 0 Å². The molecule has 0 bridgehead atoms. The van der Waals surface area contributed by atoms with Gasteiger partial charge in [0.1, 0.15) is 5.54 Å². The molecule has 2 heterocycles. The van der Waals surface area contributed by atoms with E-state index in [-0.39, 0.29) is 23.7 Å². The fourth-order valence-corrected chi connectivity index (χ4v) is 4.26. The second-order valence-electron chi connectivity index (χ2n) is 8.31. The number of halogens is 3. The number of benzene rings is 1. The van der Waals surface area contributed by atoms with Gasteiger partial charge in [0.2, 0.25) is 5.95 Å². The van der Waals surface area contributed by atoms with E-state index < -0.39 is 34.5 Å². The van der Waals surface area contributed by atoms with Crippen LogP contribution >= 0.6 is 0 Å². The Labute approximate surface area is 185 Å². The van der Waals surface area contributed by atoms with E-state index in [0.717, 1.165) is 34.1 Å². The maximum Gasteiger partial charge on any atom is 0.416 e. The molecule has 1 aliphatic rings. The molecule has 0 amide bonds. The third-order valence-electron chi connectivity index (χ3n) is 6.20. The van der Waals surface area contributed by atoms with Crippen molar-refractivity contribution in [1.82, 2.24) is 18.7 Å². The van der Waals surface area contributed by atoms with Gasteiger partial charge in [0.15, 0.2) is 11.2 Å². The zero-order valence-electron chi connectivity index (χ0n) is 17.9. The lowest BCUT2D eigenvalue weighted by atomic mass is 9.98. The number of aliphatic carboxylic acids is 1. The van der Waals surface area contributed by atoms with Gasteiger partial charge in [0.25, 0.3) is 5.56 Å². The monoisotopic (exact) mass is 465 g/mol. The molecular weight excluding hydrogens is 443 g/mol. The molecule has 33 heavy (non-hydrogen) atoms. The SMILES string of the molecule is Cn1c(NC2(C(=O)O)CCCC2)nc2c1c(=O)n(Cc1ccc(C(F)(F)F)cc1)c(=O)n2C. The van der Waals surface area contributed by atoms with Crippen LogP contribution in [0.15, 0.2) is 33.9 Å². The summed E-state index contributed by atoms with van der Waals surface area (Å²) in [5, 5.41) is 12.7. The first-order chi connectivity index (χ1) is 15.4. The van der Waals surface area contributed by atoms with Crippen molar-refractivity contribution in [3.8, 4) is 0 Å². The van der Waals surface area contributed by atoms with Crippen LogP contribution in [-0.2, 0) is 31.6 Å². The van der Waals surface area contributed by atoms with Crippen molar-refractivity contribution in [2.45, 2.75) is 43.9 Å². The first kappa shape index (κ1) is 22.6. The third-order valence-corrected chi connectivity index (χ3v) is 6.20. The third kappa shape index (κ3) is 3.79. The van der Waals surface area contributed by atoms with Crippen LogP contribution in [0.25, 0.3) is 11.2 Å². The van der Waals surface area contributed by atoms with E-state index in [4.69, 9.17) is 0 Å². The number of nitrogens with zero attached hydrogens (tertiary/aromatic N) is 4. The summed E-state index contributed by atoms with van der Waals surface area (Å²) >= 11 is 0. The lowest BCUT2D eigenvalue weighted by Gasteiger charge is -2.25. The Bertz CT molecular complexity index is 1350. The van der Waals surface area contributed by atoms with Crippen molar-refractivity contribution in [2.24, 2.45) is 14.1 Å². The molecule has 3 aromatic rings. The zero-order chi connectivity index (χ0) is 24.1. The van der Waals surface area contributed by atoms with E-state index in [1.165, 1.54) is 30.8 Å². The fourth-order valence-electron chi connectivity index (χ4n) is 4.26. The standard InChI is InChI=1S/C21H22F3N5O4/c1-27-14-15(25-18(27)26-20(17(31)32)9-3-4-10-20)28(2)19(33)29(16(14)30)11-12-5-7-13(8-6-12)21(22,23)24/h5-8H,3-4,9-11H2,1-2H3,(H,25,26)(H,31,32). The minimum absolute atomic E-state index is 0.0741. The molecular formula is C21H22F3N5O4. The summed E-state index contributed by atoms with van der Waals surface area (Å²) in [5.74, 6) is -0.866. The molecule has 0 spiro atoms. The van der Waals surface area contributed by atoms with E-state index in [2.05, 4.69) is 10.3 Å². The first-order valence-electron chi connectivity index (χ1n) is 10.3. The molecule has 0 radical (unpaired) electrons. The number of rotatable bonds is 5. The van der Waals surface area contributed by atoms with Crippen LogP contribution in [0.5, 0.6) is 0 Å². The lowest BCUT2D eigenvalue weighted by Crippen LogP contribution is -2.44. The van der Waals surface area contributed by atoms with Crippen LogP contribution in [0.4, 0.5) is 19.1 Å². The number of alkyl halides is 3. The molecule has 2 N–H and O–H groups in total. The van der Waals surface area contributed by atoms with Gasteiger partial charge in [-0.3, -0.25) is 13.9 Å². The van der Waals surface area contributed by atoms with Gasteiger partial charge in [-0.2, -0.15) is 18.2 Å². The topological polar surface area (TPSA) is 111 Å². The van der Waals surface area contributed by atoms with Crippen LogP contribution in [0.2, 0.25) is 0 Å². The second-order valence-corrected chi connectivity index (χ2v) is 8.31. The second kappa shape index (κ2) is 7.78. The molecule has 176 valence electrons. The summed E-state index contributed by atoms with van der Waals surface area (Å²) in [6.45, 7) is -0.230. The van der Waals surface area contributed by atoms with Crippen LogP contribution in [-0.4, -0.2) is 35.3 Å². The van der Waals surface area contributed by atoms with Gasteiger partial charge < -0.3 is 15.0 Å². The van der Waals surface area contributed by atoms with Crippen molar-refractivity contribution in [3.63, 3.8) is 0 Å². The Morgan fingerprint density at radius 1 is 1.12 bits per heavy atom. The number of aryl methyl sites for hydroxylation is 2. The van der Waals surface area contributed by atoms with Gasteiger partial charge in [0, 0.05) is 14.1 Å². The number of hydrogen-bond acceptors (Lipinski definition) is 5. The number of carboxylic acid groups (broad SMARTS) is 1. The zero-order valence-corrected chi connectivity index (χ0v) is 17.9. The molecule has 1 aliphatic carbocycles. The van der Waals surface area contributed by atoms with Crippen LogP contribution in [0.1, 0.15) is 36.8 Å². The van der Waals surface area contributed by atoms with Gasteiger partial charge in [-0.15, -0.1) is 0 Å². The Morgan fingerprint density at radius 3 is 2.27 bits per heavy atom. The highest BCUT2D eigenvalue weighted by atomic mass is 19.4. The number of anilines is 1. The highest BCUT2D eigenvalue weighted by Crippen LogP contribution is 2.33. The quantitative estimate of drug-likeness (QED) is 0.598. The number of carboxylic acids is 1. The average Bonchev–Trinajstić information content (AvgIpc) is 3.36. The molecule has 12 heteroatoms. The average molecular weight is 465 g/mol. The Kier molecular flexibility index (Phi) is 5.33. The van der Waals surface area contributed by atoms with E-state index in [0.29, 0.717) is 18.4 Å². The number of nitrogens with one attached hydrogen (secondary N) is 1. The molecule has 1 saturated carbocycles. The van der Waals surface area contributed by atoms with Crippen molar-refractivity contribution in [2.75, 3.05) is 5.32 Å². The van der Waals surface area contributed by atoms with Gasteiger partial charge in [0.05, 0.1) is 12.1 Å². The normalized spacial score (nSPS) is 15.8. The van der Waals surface area contributed by atoms with Crippen LogP contribution in [0.3, 0.4) is 0 Å². The minimum Gasteiger partial charge on any atom is -0.480 e. The predicted molar refractivity (Wildman–Crippen MR) is 113 cm³/mol. The molecule has 0 atom stereocenters. The smallest absolute Gasteiger partial charge is 0.416 e. The molecule has 1 fully saturated rings. The Hall–Kier alpha value is -3.57.